The van der Waals surface area contributed by atoms with Gasteiger partial charge in [0.1, 0.15) is 12.4 Å². The molecule has 1 aromatic heterocycles. The Bertz CT molecular complexity index is 557. The zero-order valence-corrected chi connectivity index (χ0v) is 11.8. The molecule has 0 spiro atoms. The number of hydrogen-bond acceptors (Lipinski definition) is 3. The van der Waals surface area contributed by atoms with Crippen molar-refractivity contribution in [2.24, 2.45) is 5.73 Å². The van der Waals surface area contributed by atoms with Crippen LogP contribution in [-0.4, -0.2) is 9.55 Å². The first-order valence-corrected chi connectivity index (χ1v) is 7.27. The molecule has 1 heterocycles. The summed E-state index contributed by atoms with van der Waals surface area (Å²) in [4.78, 5) is 4.21. The van der Waals surface area contributed by atoms with Gasteiger partial charge >= 0.3 is 0 Å². The predicted molar refractivity (Wildman–Crippen MR) is 78.5 cm³/mol. The Balaban J connectivity index is 1.61. The fourth-order valence-corrected chi connectivity index (χ4v) is 2.33. The lowest BCUT2D eigenvalue weighted by Crippen LogP contribution is -2.08. The minimum absolute atomic E-state index is 0.111. The Morgan fingerprint density at radius 2 is 2.10 bits per heavy atom. The maximum Gasteiger partial charge on any atom is 0.130 e. The number of aromatic nitrogens is 2. The third-order valence-electron chi connectivity index (χ3n) is 3.82. The molecule has 2 aromatic rings. The number of nitrogens with zero attached hydrogens (tertiary/aromatic N) is 2. The van der Waals surface area contributed by atoms with Gasteiger partial charge in [0.15, 0.2) is 0 Å². The van der Waals surface area contributed by atoms with Crippen LogP contribution < -0.4 is 10.5 Å². The highest BCUT2D eigenvalue weighted by Gasteiger charge is 2.25. The van der Waals surface area contributed by atoms with Crippen molar-refractivity contribution in [2.45, 2.75) is 44.9 Å². The fraction of sp³-hybridized carbons (Fsp3) is 0.438. The Kier molecular flexibility index (Phi) is 3.74. The second-order valence-corrected chi connectivity index (χ2v) is 5.40. The van der Waals surface area contributed by atoms with E-state index in [9.17, 15) is 0 Å². The van der Waals surface area contributed by atoms with Gasteiger partial charge in [-0.25, -0.2) is 4.98 Å². The van der Waals surface area contributed by atoms with E-state index < -0.39 is 0 Å². The molecule has 1 aliphatic carbocycles. The lowest BCUT2D eigenvalue weighted by molar-refractivity contribution is 0.294. The van der Waals surface area contributed by atoms with Crippen molar-refractivity contribution in [1.82, 2.24) is 9.55 Å². The van der Waals surface area contributed by atoms with Crippen molar-refractivity contribution in [3.8, 4) is 5.75 Å². The van der Waals surface area contributed by atoms with E-state index in [4.69, 9.17) is 10.5 Å². The summed E-state index contributed by atoms with van der Waals surface area (Å²) in [6.45, 7) is 2.66. The van der Waals surface area contributed by atoms with E-state index >= 15 is 0 Å². The number of rotatable bonds is 6. The maximum absolute atomic E-state index is 6.00. The Hall–Kier alpha value is -1.81. The Morgan fingerprint density at radius 3 is 2.75 bits per heavy atom. The van der Waals surface area contributed by atoms with Crippen LogP contribution in [0.4, 0.5) is 0 Å². The van der Waals surface area contributed by atoms with Crippen molar-refractivity contribution in [3.05, 3.63) is 48.0 Å². The molecule has 106 valence electrons. The van der Waals surface area contributed by atoms with Gasteiger partial charge in [0.2, 0.25) is 0 Å². The smallest absolute Gasteiger partial charge is 0.130 e. The molecule has 1 fully saturated rings. The third-order valence-corrected chi connectivity index (χ3v) is 3.82. The quantitative estimate of drug-likeness (QED) is 0.877. The summed E-state index contributed by atoms with van der Waals surface area (Å²) in [5, 5.41) is 0. The first-order valence-electron chi connectivity index (χ1n) is 7.27. The van der Waals surface area contributed by atoms with E-state index in [0.29, 0.717) is 12.6 Å². The number of hydrogen-bond donors (Lipinski definition) is 1. The van der Waals surface area contributed by atoms with Crippen LogP contribution >= 0.6 is 0 Å². The second-order valence-electron chi connectivity index (χ2n) is 5.40. The molecule has 1 atom stereocenters. The van der Waals surface area contributed by atoms with E-state index in [-0.39, 0.29) is 6.04 Å². The van der Waals surface area contributed by atoms with Crippen LogP contribution in [-0.2, 0) is 6.61 Å². The lowest BCUT2D eigenvalue weighted by Gasteiger charge is -2.11. The first kappa shape index (κ1) is 13.2. The lowest BCUT2D eigenvalue weighted by atomic mass is 10.1. The summed E-state index contributed by atoms with van der Waals surface area (Å²) in [5.41, 5.74) is 8.30. The SMILES string of the molecule is CC[C@H](N)c1ccc(OCc2cncn2C2CC2)cc1. The van der Waals surface area contributed by atoms with Crippen molar-refractivity contribution in [1.29, 1.82) is 0 Å². The van der Waals surface area contributed by atoms with Crippen molar-refractivity contribution in [2.75, 3.05) is 0 Å². The number of ether oxygens (including phenoxy) is 1. The van der Waals surface area contributed by atoms with Crippen LogP contribution in [0.1, 0.15) is 49.5 Å². The molecular weight excluding hydrogens is 250 g/mol. The van der Waals surface area contributed by atoms with Crippen LogP contribution in [0.25, 0.3) is 0 Å². The number of imidazole rings is 1. The molecule has 1 saturated carbocycles. The molecular formula is C16H21N3O. The summed E-state index contributed by atoms with van der Waals surface area (Å²) in [7, 11) is 0. The van der Waals surface area contributed by atoms with Crippen molar-refractivity contribution >= 4 is 0 Å². The number of benzene rings is 1. The van der Waals surface area contributed by atoms with E-state index in [1.54, 1.807) is 0 Å². The normalized spacial score (nSPS) is 16.1. The molecule has 1 aliphatic rings. The van der Waals surface area contributed by atoms with Crippen LogP contribution in [0.5, 0.6) is 5.75 Å². The van der Waals surface area contributed by atoms with Gasteiger partial charge in [-0.2, -0.15) is 0 Å². The highest BCUT2D eigenvalue weighted by Crippen LogP contribution is 2.35. The summed E-state index contributed by atoms with van der Waals surface area (Å²) >= 11 is 0. The molecule has 0 radical (unpaired) electrons. The van der Waals surface area contributed by atoms with Gasteiger partial charge in [-0.05, 0) is 37.0 Å². The van der Waals surface area contributed by atoms with Crippen LogP contribution in [0, 0.1) is 0 Å². The Labute approximate surface area is 119 Å². The highest BCUT2D eigenvalue weighted by molar-refractivity contribution is 5.29. The maximum atomic E-state index is 6.00. The van der Waals surface area contributed by atoms with Gasteiger partial charge in [-0.15, -0.1) is 0 Å². The molecule has 0 unspecified atom stereocenters. The van der Waals surface area contributed by atoms with Crippen molar-refractivity contribution < 1.29 is 4.74 Å². The molecule has 4 heteroatoms. The zero-order valence-electron chi connectivity index (χ0n) is 11.8. The highest BCUT2D eigenvalue weighted by atomic mass is 16.5. The summed E-state index contributed by atoms with van der Waals surface area (Å²) in [6.07, 6.45) is 7.25. The predicted octanol–water partition coefficient (Wildman–Crippen LogP) is 3.21. The van der Waals surface area contributed by atoms with Gasteiger partial charge < -0.3 is 15.0 Å². The van der Waals surface area contributed by atoms with Gasteiger partial charge in [-0.3, -0.25) is 0 Å². The third kappa shape index (κ3) is 2.85. The summed E-state index contributed by atoms with van der Waals surface area (Å²) in [6, 6.07) is 8.82. The fourth-order valence-electron chi connectivity index (χ4n) is 2.33. The van der Waals surface area contributed by atoms with Crippen LogP contribution in [0.3, 0.4) is 0 Å². The molecule has 1 aromatic carbocycles. The van der Waals surface area contributed by atoms with Crippen molar-refractivity contribution in [3.63, 3.8) is 0 Å². The minimum Gasteiger partial charge on any atom is -0.487 e. The molecule has 2 N–H and O–H groups in total. The molecule has 4 nitrogen and oxygen atoms in total. The monoisotopic (exact) mass is 271 g/mol. The molecule has 0 amide bonds. The molecule has 0 saturated heterocycles. The Morgan fingerprint density at radius 1 is 1.35 bits per heavy atom. The average Bonchev–Trinajstić information content (AvgIpc) is 3.23. The van der Waals surface area contributed by atoms with Crippen LogP contribution in [0.2, 0.25) is 0 Å². The zero-order chi connectivity index (χ0) is 13.9. The van der Waals surface area contributed by atoms with E-state index in [1.165, 1.54) is 12.8 Å². The molecule has 0 aliphatic heterocycles. The van der Waals surface area contributed by atoms with E-state index in [2.05, 4.69) is 16.5 Å². The topological polar surface area (TPSA) is 53.1 Å². The van der Waals surface area contributed by atoms with Gasteiger partial charge in [0.25, 0.3) is 0 Å². The van der Waals surface area contributed by atoms with Crippen LogP contribution in [0.15, 0.2) is 36.8 Å². The van der Waals surface area contributed by atoms with E-state index in [1.807, 2.05) is 36.8 Å². The number of nitrogens with two attached hydrogens (primary N) is 1. The second kappa shape index (κ2) is 5.67. The standard InChI is InChI=1S/C16H21N3O/c1-2-16(17)12-3-7-15(8-4-12)20-10-14-9-18-11-19(14)13-5-6-13/h3-4,7-9,11,13,16H,2,5-6,10,17H2,1H3/t16-/m0/s1. The average molecular weight is 271 g/mol. The van der Waals surface area contributed by atoms with Gasteiger partial charge in [0, 0.05) is 12.1 Å². The van der Waals surface area contributed by atoms with Gasteiger partial charge in [-0.1, -0.05) is 19.1 Å². The van der Waals surface area contributed by atoms with Gasteiger partial charge in [0.05, 0.1) is 18.2 Å². The molecule has 20 heavy (non-hydrogen) atoms. The summed E-state index contributed by atoms with van der Waals surface area (Å²) in [5.74, 6) is 0.876. The first-order chi connectivity index (χ1) is 9.78. The summed E-state index contributed by atoms with van der Waals surface area (Å²) < 4.78 is 8.06. The largest absolute Gasteiger partial charge is 0.487 e. The minimum atomic E-state index is 0.111. The van der Waals surface area contributed by atoms with E-state index in [0.717, 1.165) is 23.4 Å². The molecule has 0 bridgehead atoms. The molecule has 3 rings (SSSR count).